The van der Waals surface area contributed by atoms with Crippen LogP contribution in [0.5, 0.6) is 0 Å². The Morgan fingerprint density at radius 1 is 1.21 bits per heavy atom. The molecule has 1 aromatic rings. The number of ether oxygens (including phenoxy) is 2. The van der Waals surface area contributed by atoms with E-state index in [1.165, 1.54) is 0 Å². The zero-order valence-corrected chi connectivity index (χ0v) is 12.3. The number of aliphatic hydroxyl groups excluding tert-OH is 2. The third kappa shape index (κ3) is 4.07. The first-order valence-electron chi connectivity index (χ1n) is 7.00. The monoisotopic (exact) mass is 344 g/mol. The maximum absolute atomic E-state index is 11.7. The van der Waals surface area contributed by atoms with Crippen molar-refractivity contribution in [1.29, 1.82) is 0 Å². The van der Waals surface area contributed by atoms with Gasteiger partial charge in [0.05, 0.1) is 18.4 Å². The van der Waals surface area contributed by atoms with E-state index in [0.29, 0.717) is 0 Å². The summed E-state index contributed by atoms with van der Waals surface area (Å²) in [4.78, 5) is 48.6. The summed E-state index contributed by atoms with van der Waals surface area (Å²) in [6, 6.07) is 0. The summed E-state index contributed by atoms with van der Waals surface area (Å²) in [6.45, 7) is -0.422. The largest absolute Gasteiger partial charge is 0.481 e. The van der Waals surface area contributed by atoms with Gasteiger partial charge in [0.2, 0.25) is 0 Å². The number of aromatic amines is 2. The van der Waals surface area contributed by atoms with Gasteiger partial charge in [-0.1, -0.05) is 0 Å². The van der Waals surface area contributed by atoms with Crippen LogP contribution in [-0.4, -0.2) is 62.1 Å². The molecule has 24 heavy (non-hydrogen) atoms. The van der Waals surface area contributed by atoms with Gasteiger partial charge in [-0.05, 0) is 0 Å². The molecular weight excluding hydrogens is 328 g/mol. The van der Waals surface area contributed by atoms with Crippen LogP contribution in [-0.2, 0) is 19.1 Å². The third-order valence-corrected chi connectivity index (χ3v) is 3.47. The van der Waals surface area contributed by atoms with E-state index >= 15 is 0 Å². The lowest BCUT2D eigenvalue weighted by Gasteiger charge is -2.14. The van der Waals surface area contributed by atoms with Crippen molar-refractivity contribution in [2.45, 2.75) is 37.3 Å². The van der Waals surface area contributed by atoms with Gasteiger partial charge in [-0.15, -0.1) is 0 Å². The summed E-state index contributed by atoms with van der Waals surface area (Å²) in [6.07, 6.45) is -4.92. The van der Waals surface area contributed by atoms with E-state index in [2.05, 4.69) is 4.98 Å². The Morgan fingerprint density at radius 2 is 1.92 bits per heavy atom. The van der Waals surface area contributed by atoms with Gasteiger partial charge in [0.1, 0.15) is 31.0 Å². The summed E-state index contributed by atoms with van der Waals surface area (Å²) < 4.78 is 10.1. The number of carboxylic acids is 1. The molecule has 5 N–H and O–H groups in total. The topological polar surface area (TPSA) is 179 Å². The maximum Gasteiger partial charge on any atom is 0.325 e. The molecule has 11 nitrogen and oxygen atoms in total. The Labute approximate surface area is 133 Å². The normalized spacial score (nSPS) is 26.2. The van der Waals surface area contributed by atoms with Crippen molar-refractivity contribution in [3.63, 3.8) is 0 Å². The smallest absolute Gasteiger partial charge is 0.325 e. The predicted molar refractivity (Wildman–Crippen MR) is 75.1 cm³/mol. The molecule has 0 aliphatic carbocycles. The zero-order valence-electron chi connectivity index (χ0n) is 12.3. The number of aromatic nitrogens is 2. The van der Waals surface area contributed by atoms with Gasteiger partial charge in [0.15, 0.2) is 0 Å². The van der Waals surface area contributed by atoms with Gasteiger partial charge < -0.3 is 29.8 Å². The molecular formula is C13H16N2O9. The van der Waals surface area contributed by atoms with E-state index in [9.17, 15) is 29.4 Å². The minimum atomic E-state index is -1.47. The molecule has 0 amide bonds. The van der Waals surface area contributed by atoms with Gasteiger partial charge in [-0.3, -0.25) is 19.4 Å². The number of aliphatic carboxylic acids is 1. The fourth-order valence-electron chi connectivity index (χ4n) is 2.23. The molecule has 0 bridgehead atoms. The second-order valence-corrected chi connectivity index (χ2v) is 5.18. The van der Waals surface area contributed by atoms with E-state index in [1.54, 1.807) is 0 Å². The molecule has 0 radical (unpaired) electrons. The van der Waals surface area contributed by atoms with Crippen molar-refractivity contribution in [1.82, 2.24) is 9.97 Å². The van der Waals surface area contributed by atoms with Crippen LogP contribution in [0.1, 0.15) is 24.5 Å². The maximum atomic E-state index is 11.7. The molecule has 1 aliphatic rings. The van der Waals surface area contributed by atoms with Crippen LogP contribution in [0.4, 0.5) is 0 Å². The lowest BCUT2D eigenvalue weighted by Crippen LogP contribution is -2.34. The summed E-state index contributed by atoms with van der Waals surface area (Å²) in [5.41, 5.74) is -1.62. The van der Waals surface area contributed by atoms with Crippen molar-refractivity contribution in [3.05, 3.63) is 32.6 Å². The number of hydrogen-bond donors (Lipinski definition) is 5. The molecule has 1 aromatic heterocycles. The predicted octanol–water partition coefficient (Wildman–Crippen LogP) is -2.37. The van der Waals surface area contributed by atoms with Crippen LogP contribution < -0.4 is 11.2 Å². The van der Waals surface area contributed by atoms with Crippen LogP contribution in [0.15, 0.2) is 15.8 Å². The molecule has 4 atom stereocenters. The first-order chi connectivity index (χ1) is 11.3. The average molecular weight is 344 g/mol. The summed E-state index contributed by atoms with van der Waals surface area (Å²) in [5.74, 6) is -1.95. The average Bonchev–Trinajstić information content (AvgIpc) is 2.79. The second-order valence-electron chi connectivity index (χ2n) is 5.18. The highest BCUT2D eigenvalue weighted by Crippen LogP contribution is 2.31. The fraction of sp³-hybridized carbons (Fsp3) is 0.538. The molecule has 0 saturated carbocycles. The number of carbonyl (C=O) groups is 2. The Morgan fingerprint density at radius 3 is 2.54 bits per heavy atom. The van der Waals surface area contributed by atoms with E-state index in [-0.39, 0.29) is 12.0 Å². The van der Waals surface area contributed by atoms with Crippen molar-refractivity contribution < 1.29 is 34.4 Å². The van der Waals surface area contributed by atoms with E-state index < -0.39 is 60.6 Å². The molecule has 2 heterocycles. The summed E-state index contributed by atoms with van der Waals surface area (Å²) in [5, 5.41) is 28.4. The molecule has 1 aliphatic heterocycles. The highest BCUT2D eigenvalue weighted by molar-refractivity contribution is 5.76. The zero-order chi connectivity index (χ0) is 17.9. The highest BCUT2D eigenvalue weighted by atomic mass is 16.6. The van der Waals surface area contributed by atoms with Crippen LogP contribution in [0, 0.1) is 0 Å². The number of carbonyl (C=O) groups excluding carboxylic acids is 1. The highest BCUT2D eigenvalue weighted by Gasteiger charge is 2.45. The lowest BCUT2D eigenvalue weighted by atomic mass is 10.0. The second kappa shape index (κ2) is 7.38. The standard InChI is InChI=1S/C13H16N2O9/c16-7(17)1-2-8(18)23-4-6-9(19)10(20)11(24-6)5-3-14-13(22)15-12(5)21/h3,6,9-11,19-20H,1-2,4H2,(H,16,17)(H2,14,15,21,22)/t6-,9-,10-,11+/m1/s1. The number of rotatable bonds is 6. The van der Waals surface area contributed by atoms with Crippen LogP contribution in [0.2, 0.25) is 0 Å². The Bertz CT molecular complexity index is 725. The molecule has 0 unspecified atom stereocenters. The third-order valence-electron chi connectivity index (χ3n) is 3.47. The number of esters is 1. The molecule has 2 rings (SSSR count). The van der Waals surface area contributed by atoms with Crippen molar-refractivity contribution >= 4 is 11.9 Å². The van der Waals surface area contributed by atoms with Gasteiger partial charge in [0, 0.05) is 6.20 Å². The quantitative estimate of drug-likeness (QED) is 0.353. The fourth-order valence-corrected chi connectivity index (χ4v) is 2.23. The SMILES string of the molecule is O=C(O)CCC(=O)OC[C@H]1O[C@@H](c2c[nH]c(=O)[nH]c2=O)[C@H](O)[C@@H]1O. The van der Waals surface area contributed by atoms with Crippen LogP contribution >= 0.6 is 0 Å². The van der Waals surface area contributed by atoms with Crippen molar-refractivity contribution in [3.8, 4) is 0 Å². The number of hydrogen-bond acceptors (Lipinski definition) is 8. The molecule has 1 fully saturated rings. The molecule has 132 valence electrons. The van der Waals surface area contributed by atoms with Gasteiger partial charge in [-0.25, -0.2) is 4.79 Å². The van der Waals surface area contributed by atoms with Gasteiger partial charge in [-0.2, -0.15) is 0 Å². The van der Waals surface area contributed by atoms with Crippen molar-refractivity contribution in [2.75, 3.05) is 6.61 Å². The van der Waals surface area contributed by atoms with Crippen LogP contribution in [0.3, 0.4) is 0 Å². The van der Waals surface area contributed by atoms with E-state index in [0.717, 1.165) is 6.20 Å². The summed E-state index contributed by atoms with van der Waals surface area (Å²) in [7, 11) is 0. The molecule has 11 heteroatoms. The van der Waals surface area contributed by atoms with Crippen LogP contribution in [0.25, 0.3) is 0 Å². The molecule has 0 spiro atoms. The number of H-pyrrole nitrogens is 2. The first-order valence-corrected chi connectivity index (χ1v) is 7.00. The number of nitrogens with one attached hydrogen (secondary N) is 2. The first kappa shape index (κ1) is 17.8. The van der Waals surface area contributed by atoms with Gasteiger partial charge >= 0.3 is 17.6 Å². The number of aliphatic hydroxyl groups is 2. The summed E-state index contributed by atoms with van der Waals surface area (Å²) >= 11 is 0. The minimum Gasteiger partial charge on any atom is -0.481 e. The molecule has 1 saturated heterocycles. The van der Waals surface area contributed by atoms with Gasteiger partial charge in [0.25, 0.3) is 5.56 Å². The Hall–Kier alpha value is -2.50. The Balaban J connectivity index is 1.99. The number of carboxylic acid groups (broad SMARTS) is 1. The lowest BCUT2D eigenvalue weighted by molar-refractivity contribution is -0.152. The van der Waals surface area contributed by atoms with E-state index in [1.807, 2.05) is 4.98 Å². The van der Waals surface area contributed by atoms with Crippen molar-refractivity contribution in [2.24, 2.45) is 0 Å². The Kier molecular flexibility index (Phi) is 5.49. The van der Waals surface area contributed by atoms with E-state index in [4.69, 9.17) is 14.6 Å². The minimum absolute atomic E-state index is 0.0964. The molecule has 0 aromatic carbocycles.